The average Bonchev–Trinajstić information content (AvgIpc) is 2.38. The van der Waals surface area contributed by atoms with Crippen LogP contribution in [0.25, 0.3) is 0 Å². The van der Waals surface area contributed by atoms with Crippen molar-refractivity contribution >= 4 is 33.4 Å². The molecule has 0 aliphatic carbocycles. The molecule has 4 nitrogen and oxygen atoms in total. The summed E-state index contributed by atoms with van der Waals surface area (Å²) in [5, 5.41) is 2.78. The molecule has 1 fully saturated rings. The fourth-order valence-electron chi connectivity index (χ4n) is 2.66. The van der Waals surface area contributed by atoms with Crippen molar-refractivity contribution in [2.24, 2.45) is 0 Å². The summed E-state index contributed by atoms with van der Waals surface area (Å²) in [6.07, 6.45) is 0.324. The number of anilines is 1. The summed E-state index contributed by atoms with van der Waals surface area (Å²) in [4.78, 5) is 26.2. The van der Waals surface area contributed by atoms with E-state index in [1.165, 1.54) is 0 Å². The van der Waals surface area contributed by atoms with Crippen LogP contribution in [-0.2, 0) is 9.59 Å². The molecule has 1 N–H and O–H groups in total. The predicted octanol–water partition coefficient (Wildman–Crippen LogP) is 2.70. The third-order valence-corrected chi connectivity index (χ3v) is 3.98. The SMILES string of the molecule is Cc1cc(Br)cc(C)c1N1CCC(=O)NC(C)(C)C1=O. The molecule has 1 aliphatic rings. The van der Waals surface area contributed by atoms with Crippen LogP contribution in [0.2, 0.25) is 0 Å². The first kappa shape index (κ1) is 15.0. The Labute approximate surface area is 127 Å². The van der Waals surface area contributed by atoms with E-state index >= 15 is 0 Å². The van der Waals surface area contributed by atoms with Gasteiger partial charge in [0.25, 0.3) is 5.91 Å². The van der Waals surface area contributed by atoms with Crippen LogP contribution in [-0.4, -0.2) is 23.9 Å². The van der Waals surface area contributed by atoms with Crippen molar-refractivity contribution in [2.45, 2.75) is 39.7 Å². The highest BCUT2D eigenvalue weighted by Crippen LogP contribution is 2.31. The molecular weight excluding hydrogens is 320 g/mol. The van der Waals surface area contributed by atoms with E-state index in [-0.39, 0.29) is 11.8 Å². The molecule has 1 aromatic rings. The van der Waals surface area contributed by atoms with E-state index in [1.807, 2.05) is 26.0 Å². The topological polar surface area (TPSA) is 49.4 Å². The zero-order chi connectivity index (χ0) is 15.1. The van der Waals surface area contributed by atoms with Crippen molar-refractivity contribution in [1.82, 2.24) is 5.32 Å². The third kappa shape index (κ3) is 2.73. The minimum Gasteiger partial charge on any atom is -0.342 e. The van der Waals surface area contributed by atoms with Crippen molar-refractivity contribution in [3.8, 4) is 0 Å². The van der Waals surface area contributed by atoms with Crippen LogP contribution in [0.3, 0.4) is 0 Å². The minimum absolute atomic E-state index is 0.0723. The summed E-state index contributed by atoms with van der Waals surface area (Å²) in [5.41, 5.74) is 2.08. The van der Waals surface area contributed by atoms with Gasteiger partial charge in [0.2, 0.25) is 5.91 Å². The van der Waals surface area contributed by atoms with Crippen molar-refractivity contribution < 1.29 is 9.59 Å². The highest BCUT2D eigenvalue weighted by atomic mass is 79.9. The first-order valence-corrected chi connectivity index (χ1v) is 7.41. The molecule has 0 saturated carbocycles. The lowest BCUT2D eigenvalue weighted by Crippen LogP contribution is -2.53. The molecule has 0 aromatic heterocycles. The van der Waals surface area contributed by atoms with Crippen molar-refractivity contribution in [2.75, 3.05) is 11.4 Å². The van der Waals surface area contributed by atoms with Gasteiger partial charge in [-0.3, -0.25) is 9.59 Å². The Balaban J connectivity index is 2.51. The van der Waals surface area contributed by atoms with Crippen LogP contribution in [0.1, 0.15) is 31.4 Å². The summed E-state index contributed by atoms with van der Waals surface area (Å²) >= 11 is 3.46. The molecule has 1 saturated heterocycles. The van der Waals surface area contributed by atoms with E-state index in [0.717, 1.165) is 21.3 Å². The van der Waals surface area contributed by atoms with Gasteiger partial charge < -0.3 is 10.2 Å². The summed E-state index contributed by atoms with van der Waals surface area (Å²) in [7, 11) is 0. The van der Waals surface area contributed by atoms with Gasteiger partial charge in [0.15, 0.2) is 0 Å². The normalized spacial score (nSPS) is 18.8. The van der Waals surface area contributed by atoms with Crippen LogP contribution < -0.4 is 10.2 Å². The number of hydrogen-bond acceptors (Lipinski definition) is 2. The molecular formula is C15H19BrN2O2. The van der Waals surface area contributed by atoms with Crippen LogP contribution in [0.15, 0.2) is 16.6 Å². The van der Waals surface area contributed by atoms with E-state index < -0.39 is 5.54 Å². The number of benzene rings is 1. The largest absolute Gasteiger partial charge is 0.342 e. The summed E-state index contributed by atoms with van der Waals surface area (Å²) in [6, 6.07) is 3.98. The molecule has 1 aliphatic heterocycles. The number of nitrogens with zero attached hydrogens (tertiary/aromatic N) is 1. The standard InChI is InChI=1S/C15H19BrN2O2/c1-9-7-11(16)8-10(2)13(9)18-6-5-12(19)17-15(3,4)14(18)20/h7-8H,5-6H2,1-4H3,(H,17,19). The first-order valence-electron chi connectivity index (χ1n) is 6.62. The van der Waals surface area contributed by atoms with Gasteiger partial charge in [0.05, 0.1) is 0 Å². The van der Waals surface area contributed by atoms with Crippen molar-refractivity contribution in [3.05, 3.63) is 27.7 Å². The lowest BCUT2D eigenvalue weighted by molar-refractivity contribution is -0.128. The predicted molar refractivity (Wildman–Crippen MR) is 82.8 cm³/mol. The van der Waals surface area contributed by atoms with Gasteiger partial charge in [0.1, 0.15) is 5.54 Å². The van der Waals surface area contributed by atoms with Crippen molar-refractivity contribution in [1.29, 1.82) is 0 Å². The number of nitrogens with one attached hydrogen (secondary N) is 1. The molecule has 0 unspecified atom stereocenters. The van der Waals surface area contributed by atoms with Crippen LogP contribution >= 0.6 is 15.9 Å². The number of halogens is 1. The van der Waals surface area contributed by atoms with E-state index in [9.17, 15) is 9.59 Å². The minimum atomic E-state index is -0.875. The first-order chi connectivity index (χ1) is 9.22. The zero-order valence-corrected chi connectivity index (χ0v) is 13.8. The maximum absolute atomic E-state index is 12.7. The maximum atomic E-state index is 12.7. The van der Waals surface area contributed by atoms with Gasteiger partial charge in [0, 0.05) is 23.1 Å². The molecule has 1 heterocycles. The third-order valence-electron chi connectivity index (χ3n) is 3.52. The Morgan fingerprint density at radius 2 is 1.75 bits per heavy atom. The summed E-state index contributed by atoms with van der Waals surface area (Å²) in [6.45, 7) is 7.86. The smallest absolute Gasteiger partial charge is 0.252 e. The summed E-state index contributed by atoms with van der Waals surface area (Å²) < 4.78 is 0.993. The molecule has 5 heteroatoms. The maximum Gasteiger partial charge on any atom is 0.252 e. The molecule has 0 bridgehead atoms. The number of amides is 2. The molecule has 2 rings (SSSR count). The van der Waals surface area contributed by atoms with E-state index in [1.54, 1.807) is 18.7 Å². The van der Waals surface area contributed by atoms with Gasteiger partial charge in [-0.1, -0.05) is 15.9 Å². The number of hydrogen-bond donors (Lipinski definition) is 1. The molecule has 20 heavy (non-hydrogen) atoms. The van der Waals surface area contributed by atoms with Crippen LogP contribution in [0.5, 0.6) is 0 Å². The number of rotatable bonds is 1. The number of carbonyl (C=O) groups excluding carboxylic acids is 2. The number of carbonyl (C=O) groups is 2. The highest BCUT2D eigenvalue weighted by Gasteiger charge is 2.37. The van der Waals surface area contributed by atoms with Crippen LogP contribution in [0, 0.1) is 13.8 Å². The lowest BCUT2D eigenvalue weighted by atomic mass is 10.0. The van der Waals surface area contributed by atoms with E-state index in [4.69, 9.17) is 0 Å². The quantitative estimate of drug-likeness (QED) is 0.855. The van der Waals surface area contributed by atoms with Gasteiger partial charge >= 0.3 is 0 Å². The Hall–Kier alpha value is -1.36. The fraction of sp³-hybridized carbons (Fsp3) is 0.467. The Morgan fingerprint density at radius 3 is 2.30 bits per heavy atom. The molecule has 0 atom stereocenters. The molecule has 0 spiro atoms. The highest BCUT2D eigenvalue weighted by molar-refractivity contribution is 9.10. The van der Waals surface area contributed by atoms with Crippen LogP contribution in [0.4, 0.5) is 5.69 Å². The number of aryl methyl sites for hydroxylation is 2. The Morgan fingerprint density at radius 1 is 1.20 bits per heavy atom. The summed E-state index contributed by atoms with van der Waals surface area (Å²) in [5.74, 6) is -0.157. The Bertz CT molecular complexity index is 558. The van der Waals surface area contributed by atoms with E-state index in [0.29, 0.717) is 13.0 Å². The molecule has 108 valence electrons. The lowest BCUT2D eigenvalue weighted by Gasteiger charge is -2.31. The second-order valence-electron chi connectivity index (χ2n) is 5.77. The second-order valence-corrected chi connectivity index (χ2v) is 6.68. The monoisotopic (exact) mass is 338 g/mol. The van der Waals surface area contributed by atoms with Gasteiger partial charge in [-0.15, -0.1) is 0 Å². The molecule has 1 aromatic carbocycles. The van der Waals surface area contributed by atoms with Gasteiger partial charge in [-0.25, -0.2) is 0 Å². The fourth-order valence-corrected chi connectivity index (χ4v) is 3.35. The Kier molecular flexibility index (Phi) is 3.91. The van der Waals surface area contributed by atoms with Gasteiger partial charge in [-0.2, -0.15) is 0 Å². The molecule has 0 radical (unpaired) electrons. The second kappa shape index (κ2) is 5.20. The zero-order valence-electron chi connectivity index (χ0n) is 12.2. The van der Waals surface area contributed by atoms with Gasteiger partial charge in [-0.05, 0) is 51.0 Å². The molecule has 2 amide bonds. The van der Waals surface area contributed by atoms with Crippen molar-refractivity contribution in [3.63, 3.8) is 0 Å². The van der Waals surface area contributed by atoms with E-state index in [2.05, 4.69) is 21.2 Å². The average molecular weight is 339 g/mol.